The number of methoxy groups -OCH3 is 1. The molecule has 0 aliphatic heterocycles. The number of carbonyl (C=O) groups is 2. The van der Waals surface area contributed by atoms with Gasteiger partial charge < -0.3 is 9.47 Å². The van der Waals surface area contributed by atoms with Crippen molar-refractivity contribution < 1.29 is 19.1 Å². The van der Waals surface area contributed by atoms with Crippen LogP contribution in [0.3, 0.4) is 0 Å². The van der Waals surface area contributed by atoms with Crippen LogP contribution in [-0.4, -0.2) is 24.0 Å². The first-order valence-corrected chi connectivity index (χ1v) is 6.00. The molecule has 5 nitrogen and oxygen atoms in total. The number of hydrogen-bond donors (Lipinski definition) is 0. The normalized spacial score (nSPS) is 9.90. The van der Waals surface area contributed by atoms with Crippen LogP contribution in [-0.2, 0) is 4.74 Å². The molecule has 0 spiro atoms. The van der Waals surface area contributed by atoms with Crippen LogP contribution in [0, 0.1) is 0 Å². The molecule has 0 radical (unpaired) electrons. The lowest BCUT2D eigenvalue weighted by Gasteiger charge is -2.05. The van der Waals surface area contributed by atoms with E-state index in [0.717, 1.165) is 0 Å². The lowest BCUT2D eigenvalue weighted by Crippen LogP contribution is -2.10. The number of benzene rings is 1. The molecule has 0 aliphatic rings. The Hall–Kier alpha value is -2.40. The van der Waals surface area contributed by atoms with Gasteiger partial charge in [-0.15, -0.1) is 0 Å². The van der Waals surface area contributed by atoms with Gasteiger partial charge in [-0.3, -0.25) is 0 Å². The van der Waals surface area contributed by atoms with E-state index in [1.165, 1.54) is 43.6 Å². The molecule has 1 aromatic carbocycles. The van der Waals surface area contributed by atoms with E-state index in [4.69, 9.17) is 16.3 Å². The quantitative estimate of drug-likeness (QED) is 0.494. The number of esters is 2. The summed E-state index contributed by atoms with van der Waals surface area (Å²) in [5, 5.41) is 0.0729. The molecule has 0 atom stereocenters. The molecule has 0 saturated carbocycles. The van der Waals surface area contributed by atoms with Crippen LogP contribution in [0.2, 0.25) is 5.15 Å². The molecule has 0 bridgehead atoms. The average Bonchev–Trinajstić information content (AvgIpc) is 2.47. The van der Waals surface area contributed by atoms with E-state index in [9.17, 15) is 9.59 Å². The van der Waals surface area contributed by atoms with Crippen LogP contribution in [0.15, 0.2) is 42.6 Å². The third-order valence-corrected chi connectivity index (χ3v) is 2.77. The molecular weight excluding hydrogens is 282 g/mol. The maximum Gasteiger partial charge on any atom is 0.346 e. The Kier molecular flexibility index (Phi) is 4.32. The predicted octanol–water partition coefficient (Wildman–Crippen LogP) is 2.74. The molecule has 0 aliphatic carbocycles. The van der Waals surface area contributed by atoms with Gasteiger partial charge in [-0.1, -0.05) is 11.6 Å². The Balaban J connectivity index is 2.13. The van der Waals surface area contributed by atoms with Crippen molar-refractivity contribution in [3.05, 3.63) is 58.9 Å². The molecule has 0 amide bonds. The van der Waals surface area contributed by atoms with Gasteiger partial charge >= 0.3 is 11.9 Å². The Morgan fingerprint density at radius 3 is 2.40 bits per heavy atom. The Morgan fingerprint density at radius 2 is 1.80 bits per heavy atom. The van der Waals surface area contributed by atoms with E-state index in [2.05, 4.69) is 9.72 Å². The predicted molar refractivity (Wildman–Crippen MR) is 72.0 cm³/mol. The molecular formula is C14H10ClNO4. The van der Waals surface area contributed by atoms with Crippen molar-refractivity contribution in [3.63, 3.8) is 0 Å². The zero-order valence-electron chi connectivity index (χ0n) is 10.5. The fourth-order valence-electron chi connectivity index (χ4n) is 1.48. The van der Waals surface area contributed by atoms with Crippen LogP contribution >= 0.6 is 11.6 Å². The van der Waals surface area contributed by atoms with Crippen LogP contribution in [0.4, 0.5) is 0 Å². The van der Waals surface area contributed by atoms with Gasteiger partial charge in [0.05, 0.1) is 18.2 Å². The first kappa shape index (κ1) is 14.0. The number of ether oxygens (including phenoxy) is 2. The molecule has 20 heavy (non-hydrogen) atoms. The highest BCUT2D eigenvalue weighted by molar-refractivity contribution is 6.32. The monoisotopic (exact) mass is 291 g/mol. The van der Waals surface area contributed by atoms with E-state index in [1.807, 2.05) is 0 Å². The third-order valence-electron chi connectivity index (χ3n) is 2.46. The van der Waals surface area contributed by atoms with Crippen molar-refractivity contribution in [1.82, 2.24) is 4.98 Å². The molecule has 0 unspecified atom stereocenters. The minimum atomic E-state index is -0.617. The second kappa shape index (κ2) is 6.16. The summed E-state index contributed by atoms with van der Waals surface area (Å²) in [6.07, 6.45) is 1.48. The largest absolute Gasteiger partial charge is 0.465 e. The summed E-state index contributed by atoms with van der Waals surface area (Å²) in [5.41, 5.74) is 0.540. The van der Waals surface area contributed by atoms with Gasteiger partial charge in [0.15, 0.2) is 0 Å². The van der Waals surface area contributed by atoms with Crippen molar-refractivity contribution in [2.75, 3.05) is 7.11 Å². The summed E-state index contributed by atoms with van der Waals surface area (Å²) < 4.78 is 9.70. The highest BCUT2D eigenvalue weighted by Crippen LogP contribution is 2.17. The second-order valence-electron chi connectivity index (χ2n) is 3.75. The molecule has 2 rings (SSSR count). The molecule has 1 heterocycles. The lowest BCUT2D eigenvalue weighted by molar-refractivity contribution is 0.0600. The Bertz CT molecular complexity index is 640. The molecule has 0 saturated heterocycles. The van der Waals surface area contributed by atoms with Gasteiger partial charge in [0.25, 0.3) is 0 Å². The Morgan fingerprint density at radius 1 is 1.10 bits per heavy atom. The molecule has 1 aromatic heterocycles. The van der Waals surface area contributed by atoms with Gasteiger partial charge in [0, 0.05) is 6.20 Å². The molecule has 6 heteroatoms. The zero-order chi connectivity index (χ0) is 14.5. The number of halogens is 1. The minimum Gasteiger partial charge on any atom is -0.465 e. The van der Waals surface area contributed by atoms with Gasteiger partial charge in [-0.2, -0.15) is 0 Å². The number of rotatable bonds is 3. The van der Waals surface area contributed by atoms with E-state index >= 15 is 0 Å². The van der Waals surface area contributed by atoms with Crippen LogP contribution < -0.4 is 4.74 Å². The van der Waals surface area contributed by atoms with Gasteiger partial charge in [-0.25, -0.2) is 14.6 Å². The number of aromatic nitrogens is 1. The van der Waals surface area contributed by atoms with Crippen molar-refractivity contribution in [2.45, 2.75) is 0 Å². The van der Waals surface area contributed by atoms with Gasteiger partial charge in [0.2, 0.25) is 0 Å². The number of pyridine rings is 1. The zero-order valence-corrected chi connectivity index (χ0v) is 11.3. The lowest BCUT2D eigenvalue weighted by atomic mass is 10.2. The first-order valence-electron chi connectivity index (χ1n) is 5.63. The van der Waals surface area contributed by atoms with Crippen molar-refractivity contribution in [1.29, 1.82) is 0 Å². The number of carbonyl (C=O) groups excluding carboxylic acids is 2. The molecule has 0 fully saturated rings. The average molecular weight is 292 g/mol. The SMILES string of the molecule is COC(=O)c1ccc(OC(=O)c2cccnc2Cl)cc1. The minimum absolute atomic E-state index is 0.0729. The van der Waals surface area contributed by atoms with Crippen molar-refractivity contribution in [3.8, 4) is 5.75 Å². The topological polar surface area (TPSA) is 65.5 Å². The first-order chi connectivity index (χ1) is 9.61. The summed E-state index contributed by atoms with van der Waals surface area (Å²) in [6, 6.07) is 9.09. The van der Waals surface area contributed by atoms with Crippen LogP contribution in [0.25, 0.3) is 0 Å². The summed E-state index contributed by atoms with van der Waals surface area (Å²) in [5.74, 6) is -0.783. The van der Waals surface area contributed by atoms with Crippen LogP contribution in [0.5, 0.6) is 5.75 Å². The summed E-state index contributed by atoms with van der Waals surface area (Å²) in [7, 11) is 1.29. The summed E-state index contributed by atoms with van der Waals surface area (Å²) in [6.45, 7) is 0. The highest BCUT2D eigenvalue weighted by atomic mass is 35.5. The second-order valence-corrected chi connectivity index (χ2v) is 4.11. The summed E-state index contributed by atoms with van der Waals surface area (Å²) >= 11 is 5.80. The van der Waals surface area contributed by atoms with Gasteiger partial charge in [-0.05, 0) is 36.4 Å². The van der Waals surface area contributed by atoms with E-state index in [1.54, 1.807) is 6.07 Å². The van der Waals surface area contributed by atoms with Gasteiger partial charge in [0.1, 0.15) is 10.9 Å². The molecule has 2 aromatic rings. The van der Waals surface area contributed by atoms with E-state index in [0.29, 0.717) is 11.3 Å². The molecule has 102 valence electrons. The molecule has 0 N–H and O–H groups in total. The van der Waals surface area contributed by atoms with Crippen LogP contribution in [0.1, 0.15) is 20.7 Å². The Labute approximate surface area is 120 Å². The van der Waals surface area contributed by atoms with Crippen molar-refractivity contribution >= 4 is 23.5 Å². The third kappa shape index (κ3) is 3.13. The smallest absolute Gasteiger partial charge is 0.346 e. The fourth-order valence-corrected chi connectivity index (χ4v) is 1.67. The van der Waals surface area contributed by atoms with E-state index < -0.39 is 11.9 Å². The number of hydrogen-bond acceptors (Lipinski definition) is 5. The fraction of sp³-hybridized carbons (Fsp3) is 0.0714. The maximum absolute atomic E-state index is 11.9. The summed E-state index contributed by atoms with van der Waals surface area (Å²) in [4.78, 5) is 26.9. The highest BCUT2D eigenvalue weighted by Gasteiger charge is 2.13. The number of nitrogens with zero attached hydrogens (tertiary/aromatic N) is 1. The van der Waals surface area contributed by atoms with E-state index in [-0.39, 0.29) is 10.7 Å². The maximum atomic E-state index is 11.9. The standard InChI is InChI=1S/C14H10ClNO4/c1-19-13(17)9-4-6-10(7-5-9)20-14(18)11-3-2-8-16-12(11)15/h2-8H,1H3. The van der Waals surface area contributed by atoms with Crippen molar-refractivity contribution in [2.24, 2.45) is 0 Å².